The first-order valence-corrected chi connectivity index (χ1v) is 50.2. The van der Waals surface area contributed by atoms with Gasteiger partial charge in [-0.3, -0.25) is 0 Å². The normalized spacial score (nSPS) is 12.1. The van der Waals surface area contributed by atoms with Crippen molar-refractivity contribution in [2.45, 2.75) is 171 Å². The molecule has 0 unspecified atom stereocenters. The topological polar surface area (TPSA) is 307 Å². The number of aromatic hydroxyl groups is 1. The first-order valence-electron chi connectivity index (χ1n) is 46.7. The van der Waals surface area contributed by atoms with Gasteiger partial charge in [-0.15, -0.1) is 30.6 Å². The molecule has 732 valence electrons. The predicted molar refractivity (Wildman–Crippen MR) is 549 cm³/mol. The molecule has 1 saturated heterocycles. The van der Waals surface area contributed by atoms with Gasteiger partial charge in [0, 0.05) is 59.6 Å². The van der Waals surface area contributed by atoms with Crippen LogP contribution in [0.15, 0.2) is 245 Å². The van der Waals surface area contributed by atoms with Crippen molar-refractivity contribution >= 4 is 80.4 Å². The Morgan fingerprint density at radius 3 is 1.09 bits per heavy atom. The number of rotatable bonds is 45. The second-order valence-electron chi connectivity index (χ2n) is 33.0. The maximum Gasteiger partial charge on any atom is 0.498 e. The number of halogens is 1. The Bertz CT molecular complexity index is 6270. The van der Waals surface area contributed by atoms with E-state index in [9.17, 15) is 24.6 Å². The number of carbonyl (C=O) groups excluding carboxylic acids is 2. The van der Waals surface area contributed by atoms with Crippen molar-refractivity contribution in [1.82, 2.24) is 30.6 Å². The largest absolute Gasteiger partial charge is 0.507 e. The summed E-state index contributed by atoms with van der Waals surface area (Å²) in [5.41, 5.74) is 15.3. The van der Waals surface area contributed by atoms with Crippen molar-refractivity contribution in [2.24, 2.45) is 0 Å². The first-order chi connectivity index (χ1) is 68.1. The van der Waals surface area contributed by atoms with Crippen molar-refractivity contribution in [1.29, 1.82) is 0 Å². The van der Waals surface area contributed by atoms with E-state index >= 15 is 0 Å². The number of aromatic carboxylic acids is 1. The van der Waals surface area contributed by atoms with Crippen LogP contribution in [0.3, 0.4) is 0 Å². The Hall–Kier alpha value is -13.4. The Morgan fingerprint density at radius 2 is 0.714 bits per heavy atom. The lowest BCUT2D eigenvalue weighted by molar-refractivity contribution is 0.00578. The zero-order valence-electron chi connectivity index (χ0n) is 80.8. The van der Waals surface area contributed by atoms with Gasteiger partial charge in [-0.05, 0) is 195 Å². The molecule has 0 saturated carbocycles. The van der Waals surface area contributed by atoms with Crippen LogP contribution >= 0.6 is 49.9 Å². The molecule has 0 atom stereocenters. The average molecular weight is 2020 g/mol. The number of esters is 2. The second kappa shape index (κ2) is 53.7. The predicted octanol–water partition coefficient (Wildman–Crippen LogP) is 25.3. The number of aryl methyl sites for hydroxylation is 3. The van der Waals surface area contributed by atoms with Gasteiger partial charge in [-0.1, -0.05) is 216 Å². The summed E-state index contributed by atoms with van der Waals surface area (Å²) >= 11 is 7.45. The number of phenolic OH excluding ortho intramolecular Hbond substituents is 1. The van der Waals surface area contributed by atoms with Gasteiger partial charge in [0.1, 0.15) is 133 Å². The molecular formula is C109H118BBrN6O20S3. The highest BCUT2D eigenvalue weighted by Crippen LogP contribution is 2.44. The molecule has 1 fully saturated rings. The van der Waals surface area contributed by atoms with E-state index in [0.29, 0.717) is 146 Å². The van der Waals surface area contributed by atoms with Crippen molar-refractivity contribution in [2.75, 3.05) is 53.9 Å². The molecule has 4 heterocycles. The maximum atomic E-state index is 12.3. The van der Waals surface area contributed by atoms with Crippen LogP contribution in [-0.4, -0.2) is 131 Å². The highest BCUT2D eigenvalue weighted by atomic mass is 79.9. The zero-order valence-corrected chi connectivity index (χ0v) is 84.9. The molecule has 0 spiro atoms. The van der Waals surface area contributed by atoms with E-state index in [1.807, 2.05) is 153 Å². The van der Waals surface area contributed by atoms with Crippen molar-refractivity contribution in [3.8, 4) is 107 Å². The SMILES string of the molecule is Brc1nncs1.CCCc1c(OCCCOc2cc(O)c(-c3nncs3)cc2CC)cccc1Oc1ccccc1C(=O)O.CCCc1c(OCCCOc2cc(OCc3ccccc3)c(-c3nncs3)cc2CC)cccc1Oc1ccccc1C(=O)OC.CCCc1c(OCCCOc2cc(OCc3ccccc3)c(B3OC(C)(C)C(C)(C)O3)cc2CC)cccc1Oc1ccccc1C(=O)OC. The first kappa shape index (κ1) is 105. The van der Waals surface area contributed by atoms with Crippen LogP contribution in [0.1, 0.15) is 183 Å². The molecule has 3 aromatic heterocycles. The molecular weight excluding hydrogens is 1900 g/mol. The van der Waals surface area contributed by atoms with Crippen LogP contribution < -0.4 is 57.6 Å². The molecule has 31 heteroatoms. The number of carboxylic acids is 1. The van der Waals surface area contributed by atoms with Gasteiger partial charge in [-0.2, -0.15) is 0 Å². The van der Waals surface area contributed by atoms with Gasteiger partial charge < -0.3 is 81.1 Å². The van der Waals surface area contributed by atoms with Crippen molar-refractivity contribution < 1.29 is 95.5 Å². The van der Waals surface area contributed by atoms with Crippen molar-refractivity contribution in [3.05, 3.63) is 306 Å². The average Bonchev–Trinajstić information content (AvgIpc) is 1.62. The van der Waals surface area contributed by atoms with E-state index in [0.717, 1.165) is 145 Å². The van der Waals surface area contributed by atoms with Crippen LogP contribution in [0.25, 0.3) is 21.1 Å². The standard InChI is InChI=1S/C41H49BO8.C37H38N2O6S.C29H30N2O6S.C2HBrN2S/c1-8-17-31-34(22-15-23-35(31)48-36-21-14-13-20-32(36)39(43)44-7)45-24-16-25-46-37-27-38(47-28-29-18-11-10-12-19-29)33(26-30(37)9-2)42-49-40(3,4)41(5,6)50-42;1-4-13-28-31(18-11-19-32(28)45-33-17-10-9-16-29(33)37(40)41-3)42-20-12-21-43-34-23-35(44-24-26-14-7-6-8-15-26)30(22-27(34)5-2)36-39-38-25-46-36;1-3-9-20-24(12-7-13-25(20)37-26-11-6-5-10-21(26)29(33)34)35-14-8-15-36-27-17-23(32)22(16-19(27)4-2)28-31-30-18-38-28;3-2-5-4-1-6-2/h10-15,18-23,26-27H,8-9,16-17,24-25,28H2,1-7H3;6-11,14-19,22-23,25H,4-5,12-13,20-21,24H2,1-3H3;5-7,10-13,16-18,32H,3-4,8-9,14-15H2,1-2H3,(H,33,34);1H. The Labute approximate surface area is 838 Å². The fraction of sp³-hybridized carbons (Fsp3) is 0.312. The number of para-hydroxylation sites is 3. The quantitative estimate of drug-likeness (QED) is 0.0203. The number of methoxy groups -OCH3 is 2. The smallest absolute Gasteiger partial charge is 0.498 e. The van der Waals surface area contributed by atoms with Crippen LogP contribution in [0.5, 0.6) is 86.2 Å². The maximum absolute atomic E-state index is 12.3. The van der Waals surface area contributed by atoms with Crippen LogP contribution in [-0.2, 0) is 70.5 Å². The molecule has 14 aromatic rings. The number of benzene rings is 11. The number of hydrogen-bond donors (Lipinski definition) is 2. The Morgan fingerprint density at radius 1 is 0.371 bits per heavy atom. The third-order valence-corrected chi connectivity index (χ3v) is 25.4. The van der Waals surface area contributed by atoms with E-state index < -0.39 is 36.2 Å². The second-order valence-corrected chi connectivity index (χ2v) is 36.8. The number of nitrogens with zero attached hydrogens (tertiary/aromatic N) is 6. The van der Waals surface area contributed by atoms with Crippen LogP contribution in [0.2, 0.25) is 0 Å². The van der Waals surface area contributed by atoms with Gasteiger partial charge in [-0.25, -0.2) is 14.4 Å². The van der Waals surface area contributed by atoms with Gasteiger partial charge in [0.05, 0.1) is 76.2 Å². The summed E-state index contributed by atoms with van der Waals surface area (Å²) in [6, 6.07) is 69.5. The third-order valence-electron chi connectivity index (χ3n) is 22.7. The Balaban J connectivity index is 0.000000183. The Kier molecular flexibility index (Phi) is 40.4. The monoisotopic (exact) mass is 2020 g/mol. The number of carbonyl (C=O) groups is 3. The lowest BCUT2D eigenvalue weighted by atomic mass is 9.77. The molecule has 0 radical (unpaired) electrons. The number of hydrogen-bond acceptors (Lipinski definition) is 28. The fourth-order valence-corrected chi connectivity index (χ4v) is 16.6. The molecule has 2 N–H and O–H groups in total. The lowest BCUT2D eigenvalue weighted by Crippen LogP contribution is -2.41. The minimum atomic E-state index is -1.04. The molecule has 1 aliphatic rings. The van der Waals surface area contributed by atoms with E-state index in [-0.39, 0.29) is 17.1 Å². The summed E-state index contributed by atoms with van der Waals surface area (Å²) in [4.78, 5) is 36.2. The van der Waals surface area contributed by atoms with Crippen LogP contribution in [0.4, 0.5) is 0 Å². The minimum Gasteiger partial charge on any atom is -0.507 e. The van der Waals surface area contributed by atoms with Crippen LogP contribution in [0, 0.1) is 0 Å². The summed E-state index contributed by atoms with van der Waals surface area (Å²) < 4.78 is 92.1. The molecule has 0 bridgehead atoms. The number of phenols is 1. The molecule has 15 rings (SSSR count). The van der Waals surface area contributed by atoms with Gasteiger partial charge in [0.15, 0.2) is 13.9 Å². The van der Waals surface area contributed by atoms with E-state index in [1.54, 1.807) is 77.2 Å². The molecule has 1 aliphatic heterocycles. The summed E-state index contributed by atoms with van der Waals surface area (Å²) in [7, 11) is 2.15. The minimum absolute atomic E-state index is 0.104. The van der Waals surface area contributed by atoms with Gasteiger partial charge in [0.25, 0.3) is 0 Å². The fourth-order valence-electron chi connectivity index (χ4n) is 14.9. The summed E-state index contributed by atoms with van der Waals surface area (Å²) in [6.45, 7) is 24.2. The number of carboxylic acid groups (broad SMARTS) is 1. The number of ether oxygens (including phenoxy) is 13. The van der Waals surface area contributed by atoms with E-state index in [4.69, 9.17) is 70.9 Å². The number of aromatic nitrogens is 6. The van der Waals surface area contributed by atoms with E-state index in [1.165, 1.54) is 54.3 Å². The summed E-state index contributed by atoms with van der Waals surface area (Å²) in [5.74, 6) is 6.97. The summed E-state index contributed by atoms with van der Waals surface area (Å²) in [5, 5.41) is 44.8. The molecule has 26 nitrogen and oxygen atoms in total. The lowest BCUT2D eigenvalue weighted by Gasteiger charge is -2.32. The third kappa shape index (κ3) is 29.4. The molecule has 0 amide bonds. The van der Waals surface area contributed by atoms with Gasteiger partial charge >= 0.3 is 25.0 Å². The molecule has 0 aliphatic carbocycles. The molecule has 11 aromatic carbocycles. The highest BCUT2D eigenvalue weighted by Gasteiger charge is 2.53. The zero-order chi connectivity index (χ0) is 99.2. The highest BCUT2D eigenvalue weighted by molar-refractivity contribution is 9.11. The van der Waals surface area contributed by atoms with Gasteiger partial charge in [0.2, 0.25) is 0 Å². The summed E-state index contributed by atoms with van der Waals surface area (Å²) in [6.07, 6.45) is 9.16. The molecule has 140 heavy (non-hydrogen) atoms. The van der Waals surface area contributed by atoms with E-state index in [2.05, 4.69) is 121 Å². The van der Waals surface area contributed by atoms with Crippen molar-refractivity contribution in [3.63, 3.8) is 0 Å².